The van der Waals surface area contributed by atoms with Crippen LogP contribution >= 0.6 is 0 Å². The summed E-state index contributed by atoms with van der Waals surface area (Å²) in [6, 6.07) is 7.33. The molecule has 6 rings (SSSR count). The molecule has 0 spiro atoms. The molecule has 3 aliphatic heterocycles. The molecule has 6 atom stereocenters. The van der Waals surface area contributed by atoms with Gasteiger partial charge >= 0.3 is 6.09 Å². The number of nitrogens with zero attached hydrogens (tertiary/aromatic N) is 1. The number of carbonyl (C=O) groups is 9. The lowest BCUT2D eigenvalue weighted by Gasteiger charge is -2.32. The van der Waals surface area contributed by atoms with Crippen molar-refractivity contribution in [2.45, 2.75) is 147 Å². The van der Waals surface area contributed by atoms with Crippen molar-refractivity contribution < 1.29 is 62.1 Å². The molecule has 0 aromatic heterocycles. The first-order chi connectivity index (χ1) is 32.5. The predicted molar refractivity (Wildman–Crippen MR) is 244 cm³/mol. The fourth-order valence-electron chi connectivity index (χ4n) is 9.10. The van der Waals surface area contributed by atoms with Crippen molar-refractivity contribution in [1.82, 2.24) is 31.5 Å². The lowest BCUT2D eigenvalue weighted by Crippen LogP contribution is -2.59. The van der Waals surface area contributed by atoms with Crippen LogP contribution in [0.15, 0.2) is 42.5 Å². The van der Waals surface area contributed by atoms with Gasteiger partial charge in [0.2, 0.25) is 29.5 Å². The summed E-state index contributed by atoms with van der Waals surface area (Å²) in [7, 11) is 0. The summed E-state index contributed by atoms with van der Waals surface area (Å²) in [5.74, 6) is -3.30. The van der Waals surface area contributed by atoms with Gasteiger partial charge in [0, 0.05) is 18.9 Å². The van der Waals surface area contributed by atoms with Gasteiger partial charge in [-0.2, -0.15) is 0 Å². The number of unbranched alkanes of at least 4 members (excludes halogenated alkanes) is 1. The van der Waals surface area contributed by atoms with Gasteiger partial charge in [-0.3, -0.25) is 43.8 Å². The number of nitrogens with one attached hydrogen (secondary N) is 5. The highest BCUT2D eigenvalue weighted by Crippen LogP contribution is 2.34. The average molecular weight is 945 g/mol. The molecule has 4 aliphatic rings. The number of alkyl carbamates (subject to hydrolysis) is 1. The van der Waals surface area contributed by atoms with E-state index in [9.17, 15) is 43.2 Å². The molecule has 68 heavy (non-hydrogen) atoms. The molecule has 3 fully saturated rings. The zero-order valence-corrected chi connectivity index (χ0v) is 39.2. The Balaban J connectivity index is 0.995. The van der Waals surface area contributed by atoms with Crippen LogP contribution < -0.4 is 36.1 Å². The second kappa shape index (κ2) is 23.6. The molecule has 0 bridgehead atoms. The Hall–Kier alpha value is -6.37. The lowest BCUT2D eigenvalue weighted by molar-refractivity contribution is -0.136. The first kappa shape index (κ1) is 51.0. The van der Waals surface area contributed by atoms with E-state index in [1.165, 1.54) is 6.07 Å². The molecule has 2 aromatic carbocycles. The van der Waals surface area contributed by atoms with E-state index < -0.39 is 83.3 Å². The lowest BCUT2D eigenvalue weighted by atomic mass is 9.84. The third-order valence-electron chi connectivity index (χ3n) is 12.4. The Morgan fingerprint density at radius 1 is 0.838 bits per heavy atom. The molecule has 19 nitrogen and oxygen atoms in total. The Labute approximate surface area is 395 Å². The fraction of sp³-hybridized carbons (Fsp3) is 0.571. The van der Waals surface area contributed by atoms with Gasteiger partial charge in [-0.05, 0) is 102 Å². The molecule has 0 radical (unpaired) electrons. The quantitative estimate of drug-likeness (QED) is 0.0641. The number of rotatable bonds is 22. The van der Waals surface area contributed by atoms with Gasteiger partial charge in [0.05, 0.1) is 42.1 Å². The highest BCUT2D eigenvalue weighted by atomic mass is 16.6. The largest absolute Gasteiger partial charge is 0.494 e. The minimum atomic E-state index is -1.27. The van der Waals surface area contributed by atoms with E-state index in [1.54, 1.807) is 43.3 Å². The summed E-state index contributed by atoms with van der Waals surface area (Å²) in [5.41, 5.74) is 0.113. The number of hydrogen-bond acceptors (Lipinski definition) is 13. The molecule has 368 valence electrons. The Bertz CT molecular complexity index is 2200. The number of ether oxygens (including phenoxy) is 4. The van der Waals surface area contributed by atoms with E-state index in [-0.39, 0.29) is 61.2 Å². The van der Waals surface area contributed by atoms with Crippen molar-refractivity contribution in [2.24, 2.45) is 11.8 Å². The molecular weight excluding hydrogens is 881 g/mol. The van der Waals surface area contributed by atoms with Crippen LogP contribution in [0.1, 0.15) is 131 Å². The van der Waals surface area contributed by atoms with Gasteiger partial charge in [0.15, 0.2) is 0 Å². The number of benzene rings is 2. The standard InChI is InChI=1S/C49H64N6O13/c1-29(68-49(2,3)4)41(45(61)52-36(25-30-12-6-5-7-13-30)43(59)51-33(27-56)26-32-20-21-50-42(32)58)54-48(64)67-28-31-14-10-15-34(24-31)65-22-8-9-23-66-38-17-11-16-35-40(38)47(63)55(46(35)62)37-18-19-39(57)53-44(37)60/h10-11,14-17,24,27,29-30,32-33,36-37,41H,5-9,12-13,18-23,25-26,28H2,1-4H3,(H,50,58)(H,51,59)(H,52,61)(H,54,64)(H,53,57,60). The molecule has 19 heteroatoms. The highest BCUT2D eigenvalue weighted by Gasteiger charge is 2.46. The number of piperidine rings is 1. The molecule has 3 heterocycles. The van der Waals surface area contributed by atoms with Crippen LogP contribution in [0.25, 0.3) is 0 Å². The van der Waals surface area contributed by atoms with Gasteiger partial charge in [0.25, 0.3) is 11.8 Å². The number of aldehydes is 1. The summed E-state index contributed by atoms with van der Waals surface area (Å²) in [6.07, 6.45) is 5.92. The predicted octanol–water partition coefficient (Wildman–Crippen LogP) is 3.79. The maximum atomic E-state index is 14.1. The first-order valence-corrected chi connectivity index (χ1v) is 23.6. The third-order valence-corrected chi connectivity index (χ3v) is 12.4. The summed E-state index contributed by atoms with van der Waals surface area (Å²) in [5, 5.41) is 13.2. The van der Waals surface area contributed by atoms with Crippen molar-refractivity contribution in [3.8, 4) is 11.5 Å². The summed E-state index contributed by atoms with van der Waals surface area (Å²) in [6.45, 7) is 7.93. The topological polar surface area (TPSA) is 254 Å². The van der Waals surface area contributed by atoms with Crippen LogP contribution in [0.2, 0.25) is 0 Å². The molecule has 2 saturated heterocycles. The number of hydrogen-bond donors (Lipinski definition) is 5. The summed E-state index contributed by atoms with van der Waals surface area (Å²) >= 11 is 0. The van der Waals surface area contributed by atoms with Gasteiger partial charge in [0.1, 0.15) is 42.5 Å². The Morgan fingerprint density at radius 2 is 1.57 bits per heavy atom. The van der Waals surface area contributed by atoms with Crippen LogP contribution in [0.3, 0.4) is 0 Å². The monoisotopic (exact) mass is 944 g/mol. The smallest absolute Gasteiger partial charge is 0.408 e. The van der Waals surface area contributed by atoms with Crippen LogP contribution in [-0.2, 0) is 44.8 Å². The molecule has 2 aromatic rings. The summed E-state index contributed by atoms with van der Waals surface area (Å²) in [4.78, 5) is 117. The minimum absolute atomic E-state index is 0.0183. The van der Waals surface area contributed by atoms with Gasteiger partial charge in [-0.1, -0.05) is 50.3 Å². The van der Waals surface area contributed by atoms with Crippen LogP contribution in [0.5, 0.6) is 11.5 Å². The molecule has 1 aliphatic carbocycles. The molecule has 8 amide bonds. The fourth-order valence-corrected chi connectivity index (χ4v) is 9.10. The SMILES string of the molecule is CC(OC(C)(C)C)C(NC(=O)OCc1cccc(OCCCCOc2cccc3c2C(=O)N(C2CCC(=O)NC2=O)C3=O)c1)C(=O)NC(CC1CCCCC1)C(=O)NC(C=O)CC1CCNC1=O. The Kier molecular flexibility index (Phi) is 17.7. The van der Waals surface area contributed by atoms with Crippen molar-refractivity contribution >= 4 is 53.7 Å². The van der Waals surface area contributed by atoms with Crippen molar-refractivity contribution in [3.63, 3.8) is 0 Å². The van der Waals surface area contributed by atoms with E-state index in [4.69, 9.17) is 18.9 Å². The molecule has 6 unspecified atom stereocenters. The van der Waals surface area contributed by atoms with E-state index in [0.717, 1.165) is 37.0 Å². The highest BCUT2D eigenvalue weighted by molar-refractivity contribution is 6.24. The normalized spacial score (nSPS) is 20.3. The van der Waals surface area contributed by atoms with Crippen molar-refractivity contribution in [3.05, 3.63) is 59.2 Å². The van der Waals surface area contributed by atoms with Crippen molar-refractivity contribution in [1.29, 1.82) is 0 Å². The average Bonchev–Trinajstić information content (AvgIpc) is 3.82. The van der Waals surface area contributed by atoms with Crippen LogP contribution in [0, 0.1) is 11.8 Å². The molecule has 1 saturated carbocycles. The maximum Gasteiger partial charge on any atom is 0.408 e. The summed E-state index contributed by atoms with van der Waals surface area (Å²) < 4.78 is 23.5. The second-order valence-corrected chi connectivity index (χ2v) is 18.9. The minimum Gasteiger partial charge on any atom is -0.494 e. The van der Waals surface area contributed by atoms with Gasteiger partial charge in [-0.25, -0.2) is 4.79 Å². The number of amides is 8. The van der Waals surface area contributed by atoms with E-state index in [2.05, 4.69) is 26.6 Å². The van der Waals surface area contributed by atoms with E-state index in [0.29, 0.717) is 56.4 Å². The first-order valence-electron chi connectivity index (χ1n) is 23.6. The third kappa shape index (κ3) is 13.9. The van der Waals surface area contributed by atoms with Gasteiger partial charge in [-0.15, -0.1) is 0 Å². The molecular formula is C49H64N6O13. The number of imide groups is 2. The van der Waals surface area contributed by atoms with Crippen LogP contribution in [-0.4, -0.2) is 114 Å². The zero-order chi connectivity index (χ0) is 49.0. The second-order valence-electron chi connectivity index (χ2n) is 18.9. The van der Waals surface area contributed by atoms with E-state index >= 15 is 0 Å². The van der Waals surface area contributed by atoms with Crippen molar-refractivity contribution in [2.75, 3.05) is 19.8 Å². The van der Waals surface area contributed by atoms with E-state index in [1.807, 2.05) is 20.8 Å². The molecule has 5 N–H and O–H groups in total. The van der Waals surface area contributed by atoms with Gasteiger partial charge < -0.3 is 45.0 Å². The van der Waals surface area contributed by atoms with Crippen LogP contribution in [0.4, 0.5) is 4.79 Å². The Morgan fingerprint density at radius 3 is 2.26 bits per heavy atom. The number of fused-ring (bicyclic) bond motifs is 1. The number of carbonyl (C=O) groups excluding carboxylic acids is 9. The maximum absolute atomic E-state index is 14.1. The zero-order valence-electron chi connectivity index (χ0n) is 39.2.